The van der Waals surface area contributed by atoms with E-state index in [0.29, 0.717) is 5.03 Å². The first kappa shape index (κ1) is 13.1. The molecule has 0 aliphatic rings. The Labute approximate surface area is 110 Å². The summed E-state index contributed by atoms with van der Waals surface area (Å²) in [6.45, 7) is 0. The number of ether oxygens (including phenoxy) is 1. The summed E-state index contributed by atoms with van der Waals surface area (Å²) in [6, 6.07) is 0. The Kier molecular flexibility index (Phi) is 3.51. The van der Waals surface area contributed by atoms with Gasteiger partial charge < -0.3 is 10.5 Å². The summed E-state index contributed by atoms with van der Waals surface area (Å²) >= 11 is 1.02. The van der Waals surface area contributed by atoms with Gasteiger partial charge in [0.1, 0.15) is 17.0 Å². The number of nitrogen functional groups attached to an aromatic ring is 1. The highest BCUT2D eigenvalue weighted by Gasteiger charge is 2.13. The second-order valence-electron chi connectivity index (χ2n) is 3.40. The molecule has 19 heavy (non-hydrogen) atoms. The third kappa shape index (κ3) is 2.57. The van der Waals surface area contributed by atoms with Gasteiger partial charge in [-0.1, -0.05) is 0 Å². The van der Waals surface area contributed by atoms with Gasteiger partial charge in [0.25, 0.3) is 0 Å². The lowest BCUT2D eigenvalue weighted by molar-refractivity contribution is 0.397. The molecule has 0 aromatic carbocycles. The van der Waals surface area contributed by atoms with E-state index in [1.807, 2.05) is 0 Å². The lowest BCUT2D eigenvalue weighted by Gasteiger charge is -2.08. The molecule has 0 aliphatic heterocycles. The van der Waals surface area contributed by atoms with E-state index >= 15 is 0 Å². The summed E-state index contributed by atoms with van der Waals surface area (Å²) < 4.78 is 6.27. The number of hydrogen-bond donors (Lipinski definition) is 2. The SMILES string of the molecule is COc1ncnc(Sc2nc(=O)c(=O)[nH]n2C)c1N. The van der Waals surface area contributed by atoms with E-state index in [1.165, 1.54) is 18.1 Å². The first-order chi connectivity index (χ1) is 9.02. The Morgan fingerprint density at radius 3 is 2.84 bits per heavy atom. The first-order valence-corrected chi connectivity index (χ1v) is 5.84. The molecule has 9 nitrogen and oxygen atoms in total. The number of aromatic amines is 1. The molecule has 0 saturated carbocycles. The standard InChI is InChI=1S/C9H10N6O3S/c1-15-9(13-5(16)6(17)14-15)19-8-4(10)7(18-2)11-3-12-8/h3H,10H2,1-2H3,(H,14,17). The van der Waals surface area contributed by atoms with E-state index in [0.717, 1.165) is 11.8 Å². The zero-order valence-corrected chi connectivity index (χ0v) is 10.9. The van der Waals surface area contributed by atoms with Gasteiger partial charge >= 0.3 is 11.1 Å². The number of aromatic nitrogens is 5. The Morgan fingerprint density at radius 1 is 1.42 bits per heavy atom. The highest BCUT2D eigenvalue weighted by atomic mass is 32.2. The van der Waals surface area contributed by atoms with Crippen molar-refractivity contribution >= 4 is 17.4 Å². The van der Waals surface area contributed by atoms with Gasteiger partial charge in [-0.15, -0.1) is 0 Å². The molecule has 0 atom stereocenters. The summed E-state index contributed by atoms with van der Waals surface area (Å²) in [5, 5.41) is 2.95. The van der Waals surface area contributed by atoms with E-state index in [-0.39, 0.29) is 16.7 Å². The minimum Gasteiger partial charge on any atom is -0.479 e. The molecule has 2 heterocycles. The average Bonchev–Trinajstić information content (AvgIpc) is 2.38. The fourth-order valence-corrected chi connectivity index (χ4v) is 2.03. The fourth-order valence-electron chi connectivity index (χ4n) is 1.25. The van der Waals surface area contributed by atoms with Crippen LogP contribution in [0.15, 0.2) is 26.1 Å². The number of methoxy groups -OCH3 is 1. The molecule has 0 unspecified atom stereocenters. The van der Waals surface area contributed by atoms with Crippen molar-refractivity contribution in [3.05, 3.63) is 27.0 Å². The molecule has 0 saturated heterocycles. The lowest BCUT2D eigenvalue weighted by atomic mass is 10.5. The monoisotopic (exact) mass is 282 g/mol. The van der Waals surface area contributed by atoms with Crippen LogP contribution in [0.4, 0.5) is 5.69 Å². The van der Waals surface area contributed by atoms with Gasteiger partial charge in [-0.2, -0.15) is 9.97 Å². The first-order valence-electron chi connectivity index (χ1n) is 5.02. The number of nitrogens with zero attached hydrogens (tertiary/aromatic N) is 4. The predicted molar refractivity (Wildman–Crippen MR) is 67.2 cm³/mol. The van der Waals surface area contributed by atoms with E-state index < -0.39 is 11.1 Å². The average molecular weight is 282 g/mol. The van der Waals surface area contributed by atoms with Gasteiger partial charge in [-0.25, -0.2) is 4.98 Å². The molecule has 100 valence electrons. The van der Waals surface area contributed by atoms with Crippen LogP contribution in [0.5, 0.6) is 5.88 Å². The third-order valence-electron chi connectivity index (χ3n) is 2.14. The smallest absolute Gasteiger partial charge is 0.339 e. The number of rotatable bonds is 3. The van der Waals surface area contributed by atoms with E-state index in [9.17, 15) is 9.59 Å². The molecule has 3 N–H and O–H groups in total. The Morgan fingerprint density at radius 2 is 2.16 bits per heavy atom. The van der Waals surface area contributed by atoms with Crippen molar-refractivity contribution in [3.8, 4) is 5.88 Å². The van der Waals surface area contributed by atoms with Gasteiger partial charge in [0.15, 0.2) is 5.16 Å². The molecule has 0 spiro atoms. The Bertz CT molecular complexity index is 725. The summed E-state index contributed by atoms with van der Waals surface area (Å²) in [4.78, 5) is 33.7. The highest BCUT2D eigenvalue weighted by Crippen LogP contribution is 2.31. The summed E-state index contributed by atoms with van der Waals surface area (Å²) in [6.07, 6.45) is 1.28. The zero-order chi connectivity index (χ0) is 14.0. The molecule has 0 aliphatic carbocycles. The number of aryl methyl sites for hydroxylation is 1. The maximum absolute atomic E-state index is 11.2. The van der Waals surface area contributed by atoms with Crippen LogP contribution in [0, 0.1) is 0 Å². The number of nitrogens with one attached hydrogen (secondary N) is 1. The van der Waals surface area contributed by atoms with Crippen molar-refractivity contribution in [2.24, 2.45) is 7.05 Å². The summed E-state index contributed by atoms with van der Waals surface area (Å²) in [5.41, 5.74) is 4.37. The Balaban J connectivity index is 2.45. The van der Waals surface area contributed by atoms with Crippen molar-refractivity contribution in [2.45, 2.75) is 10.2 Å². The number of H-pyrrole nitrogens is 1. The molecule has 2 rings (SSSR count). The van der Waals surface area contributed by atoms with Crippen LogP contribution >= 0.6 is 11.8 Å². The molecule has 0 fully saturated rings. The molecule has 2 aromatic rings. The second kappa shape index (κ2) is 5.10. The van der Waals surface area contributed by atoms with E-state index in [4.69, 9.17) is 10.5 Å². The summed E-state index contributed by atoms with van der Waals surface area (Å²) in [7, 11) is 2.98. The van der Waals surface area contributed by atoms with Crippen molar-refractivity contribution in [1.82, 2.24) is 24.7 Å². The quantitative estimate of drug-likeness (QED) is 0.541. The van der Waals surface area contributed by atoms with Gasteiger partial charge in [-0.05, 0) is 11.8 Å². The maximum atomic E-state index is 11.2. The lowest BCUT2D eigenvalue weighted by Crippen LogP contribution is -2.33. The van der Waals surface area contributed by atoms with Crippen molar-refractivity contribution < 1.29 is 4.74 Å². The van der Waals surface area contributed by atoms with Crippen molar-refractivity contribution in [2.75, 3.05) is 12.8 Å². The van der Waals surface area contributed by atoms with Gasteiger partial charge in [0.05, 0.1) is 7.11 Å². The normalized spacial score (nSPS) is 10.4. The van der Waals surface area contributed by atoms with Gasteiger partial charge in [-0.3, -0.25) is 19.4 Å². The van der Waals surface area contributed by atoms with Crippen LogP contribution < -0.4 is 21.6 Å². The largest absolute Gasteiger partial charge is 0.479 e. The predicted octanol–water partition coefficient (Wildman–Crippen LogP) is -0.999. The third-order valence-corrected chi connectivity index (χ3v) is 3.21. The minimum atomic E-state index is -0.875. The van der Waals surface area contributed by atoms with E-state index in [2.05, 4.69) is 20.1 Å². The van der Waals surface area contributed by atoms with Crippen LogP contribution in [0.25, 0.3) is 0 Å². The van der Waals surface area contributed by atoms with Crippen molar-refractivity contribution in [3.63, 3.8) is 0 Å². The molecular formula is C9H10N6O3S. The maximum Gasteiger partial charge on any atom is 0.339 e. The van der Waals surface area contributed by atoms with Crippen molar-refractivity contribution in [1.29, 1.82) is 0 Å². The van der Waals surface area contributed by atoms with Gasteiger partial charge in [0, 0.05) is 7.05 Å². The molecular weight excluding hydrogens is 272 g/mol. The highest BCUT2D eigenvalue weighted by molar-refractivity contribution is 7.99. The number of anilines is 1. The molecule has 0 radical (unpaired) electrons. The van der Waals surface area contributed by atoms with Crippen LogP contribution in [0.2, 0.25) is 0 Å². The topological polar surface area (TPSA) is 129 Å². The van der Waals surface area contributed by atoms with Crippen LogP contribution in [-0.4, -0.2) is 31.8 Å². The second-order valence-corrected chi connectivity index (χ2v) is 4.36. The van der Waals surface area contributed by atoms with Crippen LogP contribution in [-0.2, 0) is 7.05 Å². The van der Waals surface area contributed by atoms with Crippen LogP contribution in [0.3, 0.4) is 0 Å². The molecule has 10 heteroatoms. The minimum absolute atomic E-state index is 0.229. The van der Waals surface area contributed by atoms with Gasteiger partial charge in [0.2, 0.25) is 5.88 Å². The van der Waals surface area contributed by atoms with E-state index in [1.54, 1.807) is 7.05 Å². The number of nitrogens with two attached hydrogens (primary N) is 1. The van der Waals surface area contributed by atoms with Crippen LogP contribution in [0.1, 0.15) is 0 Å². The Hall–Kier alpha value is -2.36. The molecule has 0 bridgehead atoms. The fraction of sp³-hybridized carbons (Fsp3) is 0.222. The molecule has 2 aromatic heterocycles. The zero-order valence-electron chi connectivity index (χ0n) is 10.1. The summed E-state index contributed by atoms with van der Waals surface area (Å²) in [5.74, 6) is 0.229. The number of hydrogen-bond acceptors (Lipinski definition) is 8. The molecule has 0 amide bonds.